The first-order valence-corrected chi connectivity index (χ1v) is 6.61. The Bertz CT molecular complexity index is 366. The Hall–Kier alpha value is -1.36. The third-order valence-electron chi connectivity index (χ3n) is 3.22. The number of likely N-dealkylation sites (tertiary alicyclic amines) is 1. The van der Waals surface area contributed by atoms with Crippen molar-refractivity contribution in [1.29, 1.82) is 0 Å². The van der Waals surface area contributed by atoms with Gasteiger partial charge in [-0.2, -0.15) is 4.98 Å². The average Bonchev–Trinajstić information content (AvgIpc) is 2.89. The smallest absolute Gasteiger partial charge is 0.225 e. The molecule has 5 heteroatoms. The molecule has 1 aliphatic rings. The molecular weight excluding hydrogens is 228 g/mol. The van der Waals surface area contributed by atoms with Crippen molar-refractivity contribution >= 4 is 5.95 Å². The predicted molar refractivity (Wildman–Crippen MR) is 71.9 cm³/mol. The summed E-state index contributed by atoms with van der Waals surface area (Å²) in [6.45, 7) is 6.80. The van der Waals surface area contributed by atoms with Crippen molar-refractivity contribution in [1.82, 2.24) is 14.9 Å². The van der Waals surface area contributed by atoms with Gasteiger partial charge in [0.15, 0.2) is 0 Å². The Morgan fingerprint density at radius 1 is 1.44 bits per heavy atom. The van der Waals surface area contributed by atoms with E-state index in [0.717, 1.165) is 13.1 Å². The van der Waals surface area contributed by atoms with E-state index in [-0.39, 0.29) is 0 Å². The molecule has 2 heterocycles. The molecule has 1 aromatic heterocycles. The molecule has 0 saturated carbocycles. The molecule has 0 bridgehead atoms. The maximum absolute atomic E-state index is 5.07. The number of anilines is 1. The minimum absolute atomic E-state index is 0.595. The molecule has 1 unspecified atom stereocenters. The summed E-state index contributed by atoms with van der Waals surface area (Å²) in [5, 5.41) is 3.26. The standard InChI is InChI=1S/C13H22N4O/c1-11(10-17-7-3-4-8-17)9-15-13-14-6-5-12(16-13)18-2/h5-6,11H,3-4,7-10H2,1-2H3,(H,14,15,16). The van der Waals surface area contributed by atoms with E-state index in [1.54, 1.807) is 19.4 Å². The third-order valence-corrected chi connectivity index (χ3v) is 3.22. The lowest BCUT2D eigenvalue weighted by Gasteiger charge is -2.20. The second-order valence-corrected chi connectivity index (χ2v) is 4.92. The molecule has 0 amide bonds. The van der Waals surface area contributed by atoms with Crippen LogP contribution in [0.4, 0.5) is 5.95 Å². The first-order valence-electron chi connectivity index (χ1n) is 6.61. The van der Waals surface area contributed by atoms with Crippen LogP contribution < -0.4 is 10.1 Å². The molecular formula is C13H22N4O. The molecule has 1 atom stereocenters. The van der Waals surface area contributed by atoms with Crippen LogP contribution in [0.5, 0.6) is 5.88 Å². The number of hydrogen-bond donors (Lipinski definition) is 1. The van der Waals surface area contributed by atoms with Gasteiger partial charge in [-0.3, -0.25) is 0 Å². The molecule has 1 aliphatic heterocycles. The Morgan fingerprint density at radius 3 is 2.94 bits per heavy atom. The largest absolute Gasteiger partial charge is 0.481 e. The van der Waals surface area contributed by atoms with Crippen molar-refractivity contribution in [2.24, 2.45) is 5.92 Å². The Kier molecular flexibility index (Phi) is 4.75. The van der Waals surface area contributed by atoms with Crippen LogP contribution in [-0.4, -0.2) is 48.2 Å². The van der Waals surface area contributed by atoms with Crippen molar-refractivity contribution in [3.05, 3.63) is 12.3 Å². The van der Waals surface area contributed by atoms with Gasteiger partial charge < -0.3 is 15.0 Å². The fourth-order valence-electron chi connectivity index (χ4n) is 2.28. The maximum Gasteiger partial charge on any atom is 0.225 e. The zero-order valence-electron chi connectivity index (χ0n) is 11.2. The number of methoxy groups -OCH3 is 1. The molecule has 0 aromatic carbocycles. The molecule has 0 radical (unpaired) electrons. The van der Waals surface area contributed by atoms with Gasteiger partial charge in [-0.1, -0.05) is 6.92 Å². The van der Waals surface area contributed by atoms with Gasteiger partial charge in [0, 0.05) is 25.4 Å². The molecule has 0 aliphatic carbocycles. The van der Waals surface area contributed by atoms with E-state index in [9.17, 15) is 0 Å². The van der Waals surface area contributed by atoms with Crippen molar-refractivity contribution < 1.29 is 4.74 Å². The van der Waals surface area contributed by atoms with Crippen molar-refractivity contribution in [3.8, 4) is 5.88 Å². The quantitative estimate of drug-likeness (QED) is 0.831. The van der Waals surface area contributed by atoms with Crippen LogP contribution in [0.3, 0.4) is 0 Å². The van der Waals surface area contributed by atoms with Gasteiger partial charge in [0.25, 0.3) is 0 Å². The monoisotopic (exact) mass is 250 g/mol. The Labute approximate surface area is 109 Å². The van der Waals surface area contributed by atoms with E-state index in [1.807, 2.05) is 0 Å². The molecule has 0 spiro atoms. The van der Waals surface area contributed by atoms with Gasteiger partial charge in [-0.15, -0.1) is 0 Å². The first kappa shape index (κ1) is 13.1. The maximum atomic E-state index is 5.07. The zero-order chi connectivity index (χ0) is 12.8. The summed E-state index contributed by atoms with van der Waals surface area (Å²) in [4.78, 5) is 10.9. The van der Waals surface area contributed by atoms with Crippen LogP contribution in [0.15, 0.2) is 12.3 Å². The number of rotatable bonds is 6. The van der Waals surface area contributed by atoms with Crippen LogP contribution in [0.2, 0.25) is 0 Å². The number of aromatic nitrogens is 2. The van der Waals surface area contributed by atoms with Crippen LogP contribution in [-0.2, 0) is 0 Å². The lowest BCUT2D eigenvalue weighted by molar-refractivity contribution is 0.294. The van der Waals surface area contributed by atoms with E-state index in [0.29, 0.717) is 17.7 Å². The highest BCUT2D eigenvalue weighted by molar-refractivity contribution is 5.27. The lowest BCUT2D eigenvalue weighted by atomic mass is 10.1. The van der Waals surface area contributed by atoms with E-state index in [1.165, 1.54) is 25.9 Å². The first-order chi connectivity index (χ1) is 8.78. The fourth-order valence-corrected chi connectivity index (χ4v) is 2.28. The average molecular weight is 250 g/mol. The summed E-state index contributed by atoms with van der Waals surface area (Å²) in [6.07, 6.45) is 4.40. The van der Waals surface area contributed by atoms with Gasteiger partial charge >= 0.3 is 0 Å². The van der Waals surface area contributed by atoms with Gasteiger partial charge in [-0.05, 0) is 31.8 Å². The highest BCUT2D eigenvalue weighted by Gasteiger charge is 2.14. The molecule has 2 rings (SSSR count). The summed E-state index contributed by atoms with van der Waals surface area (Å²) in [5.74, 6) is 1.83. The third kappa shape index (κ3) is 3.84. The van der Waals surface area contributed by atoms with Crippen LogP contribution >= 0.6 is 0 Å². The number of nitrogens with one attached hydrogen (secondary N) is 1. The summed E-state index contributed by atoms with van der Waals surface area (Å²) in [7, 11) is 1.61. The molecule has 5 nitrogen and oxygen atoms in total. The topological polar surface area (TPSA) is 50.3 Å². The van der Waals surface area contributed by atoms with E-state index in [2.05, 4.69) is 27.1 Å². The predicted octanol–water partition coefficient (Wildman–Crippen LogP) is 1.63. The molecule has 1 aromatic rings. The molecule has 1 saturated heterocycles. The van der Waals surface area contributed by atoms with Crippen molar-refractivity contribution in [2.45, 2.75) is 19.8 Å². The molecule has 1 fully saturated rings. The number of nitrogens with zero attached hydrogens (tertiary/aromatic N) is 3. The van der Waals surface area contributed by atoms with Crippen LogP contribution in [0, 0.1) is 5.92 Å². The molecule has 18 heavy (non-hydrogen) atoms. The highest BCUT2D eigenvalue weighted by atomic mass is 16.5. The number of hydrogen-bond acceptors (Lipinski definition) is 5. The summed E-state index contributed by atoms with van der Waals surface area (Å²) < 4.78 is 5.07. The van der Waals surface area contributed by atoms with E-state index < -0.39 is 0 Å². The van der Waals surface area contributed by atoms with E-state index in [4.69, 9.17) is 4.74 Å². The second-order valence-electron chi connectivity index (χ2n) is 4.92. The SMILES string of the molecule is COc1ccnc(NCC(C)CN2CCCC2)n1. The van der Waals surface area contributed by atoms with Gasteiger partial charge in [0.1, 0.15) is 0 Å². The van der Waals surface area contributed by atoms with Gasteiger partial charge in [0.05, 0.1) is 7.11 Å². The highest BCUT2D eigenvalue weighted by Crippen LogP contribution is 2.11. The summed E-state index contributed by atoms with van der Waals surface area (Å²) >= 11 is 0. The molecule has 1 N–H and O–H groups in total. The Morgan fingerprint density at radius 2 is 2.22 bits per heavy atom. The zero-order valence-corrected chi connectivity index (χ0v) is 11.2. The second kappa shape index (κ2) is 6.54. The Balaban J connectivity index is 1.75. The fraction of sp³-hybridized carbons (Fsp3) is 0.692. The number of ether oxygens (including phenoxy) is 1. The minimum Gasteiger partial charge on any atom is -0.481 e. The van der Waals surface area contributed by atoms with Crippen molar-refractivity contribution in [3.63, 3.8) is 0 Å². The summed E-state index contributed by atoms with van der Waals surface area (Å²) in [5.41, 5.74) is 0. The van der Waals surface area contributed by atoms with Crippen LogP contribution in [0.1, 0.15) is 19.8 Å². The van der Waals surface area contributed by atoms with Gasteiger partial charge in [-0.25, -0.2) is 4.98 Å². The minimum atomic E-state index is 0.595. The van der Waals surface area contributed by atoms with Crippen molar-refractivity contribution in [2.75, 3.05) is 38.6 Å². The van der Waals surface area contributed by atoms with E-state index >= 15 is 0 Å². The molecule has 100 valence electrons. The lowest BCUT2D eigenvalue weighted by Crippen LogP contribution is -2.29. The van der Waals surface area contributed by atoms with Crippen LogP contribution in [0.25, 0.3) is 0 Å². The summed E-state index contributed by atoms with van der Waals surface area (Å²) in [6, 6.07) is 1.75. The normalized spacial score (nSPS) is 17.7. The van der Waals surface area contributed by atoms with Gasteiger partial charge in [0.2, 0.25) is 11.8 Å².